The third-order valence-corrected chi connectivity index (χ3v) is 8.46. The van der Waals surface area contributed by atoms with Crippen LogP contribution < -0.4 is 0 Å². The fraction of sp³-hybridized carbons (Fsp3) is 0.143. The van der Waals surface area contributed by atoms with Gasteiger partial charge in [0.1, 0.15) is 22.5 Å². The number of benzene rings is 4. The number of furan rings is 2. The average molecular weight is 591 g/mol. The molecule has 0 spiro atoms. The number of aromatic nitrogens is 4. The number of para-hydroxylation sites is 4. The molecule has 218 valence electrons. The quantitative estimate of drug-likeness (QED) is 0.205. The lowest BCUT2D eigenvalue weighted by atomic mass is 9.86. The van der Waals surface area contributed by atoms with E-state index in [0.717, 1.165) is 50.6 Å². The molecule has 0 bridgehead atoms. The van der Waals surface area contributed by atoms with E-state index in [4.69, 9.17) is 19.0 Å². The maximum Gasteiger partial charge on any atom is 0.420 e. The van der Waals surface area contributed by atoms with Gasteiger partial charge in [0.05, 0.1) is 22.4 Å². The van der Waals surface area contributed by atoms with E-state index >= 15 is 0 Å². The van der Waals surface area contributed by atoms with Crippen molar-refractivity contribution in [2.24, 2.45) is 0 Å². The molecule has 0 unspecified atom stereocenters. The molecule has 4 heterocycles. The number of fused-ring (bicyclic) bond motifs is 6. The first-order valence-corrected chi connectivity index (χ1v) is 14.2. The first kappa shape index (κ1) is 26.3. The number of alkyl halides is 3. The highest BCUT2D eigenvalue weighted by Crippen LogP contribution is 2.41. The topological polar surface area (TPSA) is 61.9 Å². The maximum absolute atomic E-state index is 13.7. The summed E-state index contributed by atoms with van der Waals surface area (Å²) < 4.78 is 56.9. The summed E-state index contributed by atoms with van der Waals surface area (Å²) >= 11 is 0. The van der Waals surface area contributed by atoms with Gasteiger partial charge in [-0.2, -0.15) is 23.4 Å². The van der Waals surface area contributed by atoms with Crippen molar-refractivity contribution >= 4 is 43.9 Å². The fourth-order valence-electron chi connectivity index (χ4n) is 6.05. The molecule has 6 nitrogen and oxygen atoms in total. The second-order valence-corrected chi connectivity index (χ2v) is 11.6. The van der Waals surface area contributed by atoms with Crippen molar-refractivity contribution in [3.63, 3.8) is 0 Å². The zero-order chi connectivity index (χ0) is 30.4. The minimum Gasteiger partial charge on any atom is -0.454 e. The first-order chi connectivity index (χ1) is 21.1. The van der Waals surface area contributed by atoms with Crippen LogP contribution in [0.5, 0.6) is 0 Å². The largest absolute Gasteiger partial charge is 0.454 e. The highest BCUT2D eigenvalue weighted by molar-refractivity contribution is 6.09. The zero-order valence-electron chi connectivity index (χ0n) is 24.0. The summed E-state index contributed by atoms with van der Waals surface area (Å²) in [5.41, 5.74) is 4.37. The van der Waals surface area contributed by atoms with Crippen LogP contribution in [-0.2, 0) is 11.6 Å². The van der Waals surface area contributed by atoms with Gasteiger partial charge in [-0.3, -0.25) is 0 Å². The summed E-state index contributed by atoms with van der Waals surface area (Å²) in [5.74, 6) is 0. The van der Waals surface area contributed by atoms with Gasteiger partial charge < -0.3 is 8.83 Å². The van der Waals surface area contributed by atoms with Crippen molar-refractivity contribution < 1.29 is 22.0 Å². The van der Waals surface area contributed by atoms with Crippen LogP contribution in [0.25, 0.3) is 55.3 Å². The molecule has 8 rings (SSSR count). The number of nitrogens with zero attached hydrogens (tertiary/aromatic N) is 4. The molecule has 0 saturated carbocycles. The van der Waals surface area contributed by atoms with Gasteiger partial charge in [-0.25, -0.2) is 9.36 Å². The Morgan fingerprint density at radius 3 is 1.57 bits per heavy atom. The molecular weight excluding hydrogens is 565 g/mol. The second kappa shape index (κ2) is 9.09. The molecule has 0 N–H and O–H groups in total. The Bertz CT molecular complexity index is 2390. The number of rotatable bonds is 4. The first-order valence-electron chi connectivity index (χ1n) is 14.2. The van der Waals surface area contributed by atoms with Crippen LogP contribution in [-0.4, -0.2) is 19.6 Å². The molecule has 0 saturated heterocycles. The molecule has 0 aliphatic carbocycles. The number of hydrogen-bond acceptors (Lipinski definition) is 4. The lowest BCUT2D eigenvalue weighted by molar-refractivity contribution is -0.136. The number of aryl methyl sites for hydroxylation is 1. The van der Waals surface area contributed by atoms with Gasteiger partial charge in [0.15, 0.2) is 11.2 Å². The molecule has 8 aromatic rings. The van der Waals surface area contributed by atoms with Gasteiger partial charge in [-0.1, -0.05) is 54.6 Å². The standard InChI is InChI=1S/C35H25F3N4O2/c1-20-8-4-9-21-23-11-6-14-26(32(23)43-30(20)21)41-18-16-28(39-41)34(2,3)29-17-19-42(40-29)27-15-7-12-24-22-10-5-13-25(35(36,37)38)31(22)44-33(24)27/h4-19H,1-3H3. The number of hydrogen-bond donors (Lipinski definition) is 0. The Hall–Kier alpha value is -5.31. The van der Waals surface area contributed by atoms with E-state index in [0.29, 0.717) is 22.0 Å². The van der Waals surface area contributed by atoms with Crippen LogP contribution in [0.1, 0.15) is 36.4 Å². The molecular formula is C35H25F3N4O2. The van der Waals surface area contributed by atoms with Crippen molar-refractivity contribution in [3.8, 4) is 11.4 Å². The van der Waals surface area contributed by atoms with E-state index in [1.807, 2.05) is 68.0 Å². The molecule has 0 aliphatic rings. The van der Waals surface area contributed by atoms with Crippen LogP contribution in [0.4, 0.5) is 13.2 Å². The molecule has 0 fully saturated rings. The Balaban J connectivity index is 1.18. The Morgan fingerprint density at radius 1 is 0.568 bits per heavy atom. The molecule has 0 radical (unpaired) electrons. The van der Waals surface area contributed by atoms with Gasteiger partial charge in [0, 0.05) is 33.9 Å². The Labute approximate surface area is 248 Å². The van der Waals surface area contributed by atoms with E-state index in [2.05, 4.69) is 12.1 Å². The smallest absolute Gasteiger partial charge is 0.420 e. The Kier molecular flexibility index (Phi) is 5.44. The summed E-state index contributed by atoms with van der Waals surface area (Å²) in [6.07, 6.45) is -0.830. The molecule has 4 aromatic carbocycles. The second-order valence-electron chi connectivity index (χ2n) is 11.6. The van der Waals surface area contributed by atoms with Gasteiger partial charge in [0.2, 0.25) is 0 Å². The predicted molar refractivity (Wildman–Crippen MR) is 164 cm³/mol. The molecule has 0 amide bonds. The summed E-state index contributed by atoms with van der Waals surface area (Å²) in [6, 6.07) is 25.4. The van der Waals surface area contributed by atoms with Crippen molar-refractivity contribution in [1.82, 2.24) is 19.6 Å². The zero-order valence-corrected chi connectivity index (χ0v) is 24.0. The molecule has 4 aromatic heterocycles. The van der Waals surface area contributed by atoms with Crippen LogP contribution in [0, 0.1) is 6.92 Å². The summed E-state index contributed by atoms with van der Waals surface area (Å²) in [5, 5.41) is 12.9. The van der Waals surface area contributed by atoms with Crippen molar-refractivity contribution in [2.45, 2.75) is 32.4 Å². The summed E-state index contributed by atoms with van der Waals surface area (Å²) in [4.78, 5) is 0. The third kappa shape index (κ3) is 3.81. The van der Waals surface area contributed by atoms with Gasteiger partial charge in [0.25, 0.3) is 0 Å². The van der Waals surface area contributed by atoms with E-state index in [1.54, 1.807) is 35.1 Å². The monoisotopic (exact) mass is 590 g/mol. The van der Waals surface area contributed by atoms with Crippen molar-refractivity contribution in [2.75, 3.05) is 0 Å². The normalized spacial score (nSPS) is 12.8. The fourth-order valence-corrected chi connectivity index (χ4v) is 6.05. The highest BCUT2D eigenvalue weighted by Gasteiger charge is 2.35. The molecule has 0 aliphatic heterocycles. The van der Waals surface area contributed by atoms with Crippen LogP contribution in [0.3, 0.4) is 0 Å². The minimum atomic E-state index is -4.53. The highest BCUT2D eigenvalue weighted by atomic mass is 19.4. The molecule has 9 heteroatoms. The van der Waals surface area contributed by atoms with Crippen LogP contribution in [0.15, 0.2) is 106 Å². The maximum atomic E-state index is 13.7. The van der Waals surface area contributed by atoms with Gasteiger partial charge in [-0.15, -0.1) is 0 Å². The van der Waals surface area contributed by atoms with E-state index < -0.39 is 17.2 Å². The summed E-state index contributed by atoms with van der Waals surface area (Å²) in [7, 11) is 0. The van der Waals surface area contributed by atoms with Gasteiger partial charge >= 0.3 is 6.18 Å². The Morgan fingerprint density at radius 2 is 1.02 bits per heavy atom. The van der Waals surface area contributed by atoms with Crippen molar-refractivity contribution in [1.29, 1.82) is 0 Å². The lowest BCUT2D eigenvalue weighted by Crippen LogP contribution is -2.21. The molecule has 44 heavy (non-hydrogen) atoms. The molecule has 0 atom stereocenters. The summed E-state index contributed by atoms with van der Waals surface area (Å²) in [6.45, 7) is 6.11. The third-order valence-electron chi connectivity index (χ3n) is 8.46. The SMILES string of the molecule is Cc1cccc2c1oc1c(-n3ccc(C(C)(C)c4ccn(-c5cccc6c5oc5c(C(F)(F)F)cccc56)n4)n3)cccc12. The van der Waals surface area contributed by atoms with Gasteiger partial charge in [-0.05, 0) is 56.7 Å². The lowest BCUT2D eigenvalue weighted by Gasteiger charge is -2.19. The average Bonchev–Trinajstić information content (AvgIpc) is 3.80. The van der Waals surface area contributed by atoms with Crippen LogP contribution in [0.2, 0.25) is 0 Å². The van der Waals surface area contributed by atoms with E-state index in [9.17, 15) is 13.2 Å². The van der Waals surface area contributed by atoms with Crippen molar-refractivity contribution in [3.05, 3.63) is 120 Å². The van der Waals surface area contributed by atoms with Crippen LogP contribution >= 0.6 is 0 Å². The predicted octanol–water partition coefficient (Wildman–Crippen LogP) is 9.51. The minimum absolute atomic E-state index is 0.185. The number of halogens is 3. The van der Waals surface area contributed by atoms with E-state index in [1.165, 1.54) is 6.07 Å². The van der Waals surface area contributed by atoms with E-state index in [-0.39, 0.29) is 5.58 Å².